The molecule has 0 bridgehead atoms. The Morgan fingerprint density at radius 2 is 1.63 bits per heavy atom. The summed E-state index contributed by atoms with van der Waals surface area (Å²) < 4.78 is 0. The first kappa shape index (κ1) is 39.1. The van der Waals surface area contributed by atoms with Crippen molar-refractivity contribution in [1.29, 1.82) is 5.41 Å². The highest BCUT2D eigenvalue weighted by Gasteiger charge is 2.28. The number of benzene rings is 3. The number of aryl methyl sites for hydroxylation is 2. The van der Waals surface area contributed by atoms with E-state index >= 15 is 0 Å². The maximum absolute atomic E-state index is 13.3. The van der Waals surface area contributed by atoms with E-state index < -0.39 is 17.6 Å². The van der Waals surface area contributed by atoms with Gasteiger partial charge in [-0.1, -0.05) is 105 Å². The van der Waals surface area contributed by atoms with Gasteiger partial charge in [-0.15, -0.1) is 6.58 Å². The number of nitrogens with zero attached hydrogens (tertiary/aromatic N) is 1. The summed E-state index contributed by atoms with van der Waals surface area (Å²) in [5.41, 5.74) is 6.98. The molecule has 1 amide bonds. The molecule has 268 valence electrons. The van der Waals surface area contributed by atoms with Crippen LogP contribution in [0.25, 0.3) is 6.08 Å². The van der Waals surface area contributed by atoms with E-state index in [1.807, 2.05) is 25.1 Å². The van der Waals surface area contributed by atoms with Gasteiger partial charge in [0, 0.05) is 28.6 Å². The first-order chi connectivity index (χ1) is 24.8. The van der Waals surface area contributed by atoms with Crippen molar-refractivity contribution in [1.82, 2.24) is 0 Å². The second-order valence-electron chi connectivity index (χ2n) is 13.1. The number of fused-ring (bicyclic) bond motifs is 1. The zero-order chi connectivity index (χ0) is 36.6. The van der Waals surface area contributed by atoms with Gasteiger partial charge in [-0.25, -0.2) is 4.79 Å². The molecular weight excluding hydrogens is 654 g/mol. The Balaban J connectivity index is 0.00000188. The first-order valence-corrected chi connectivity index (χ1v) is 18.7. The Kier molecular flexibility index (Phi) is 15.5. The number of anilines is 3. The van der Waals surface area contributed by atoms with Crippen LogP contribution in [0.2, 0.25) is 0 Å². The Morgan fingerprint density at radius 1 is 0.922 bits per heavy atom. The van der Waals surface area contributed by atoms with Gasteiger partial charge in [-0.05, 0) is 116 Å². The summed E-state index contributed by atoms with van der Waals surface area (Å²) in [6.45, 7) is 8.50. The smallest absolute Gasteiger partial charge is 0.354 e. The summed E-state index contributed by atoms with van der Waals surface area (Å²) in [6, 6.07) is 24.4. The number of carbonyl (C=O) groups is 2. The van der Waals surface area contributed by atoms with Gasteiger partial charge in [-0.2, -0.15) is 0 Å². The summed E-state index contributed by atoms with van der Waals surface area (Å²) in [6.07, 6.45) is 18.6. The number of carbonyl (C=O) groups excluding carboxylic acids is 1. The lowest BCUT2D eigenvalue weighted by Gasteiger charge is -2.31. The van der Waals surface area contributed by atoms with Crippen LogP contribution in [0.1, 0.15) is 94.7 Å². The highest BCUT2D eigenvalue weighted by molar-refractivity contribution is 6.50. The predicted octanol–water partition coefficient (Wildman–Crippen LogP) is 11.6. The molecule has 0 saturated carbocycles. The van der Waals surface area contributed by atoms with E-state index in [0.717, 1.165) is 36.9 Å². The molecule has 1 aliphatic heterocycles. The standard InChI is InChI=1S/C41H46ClN3O3.C3H6/c1-2-3-4-5-6-8-13-29-20-24-34(25-21-29)45-27-12-15-32-28-30(22-26-36(32)45)19-23-31-14-11-18-35(38(31)42)37(39(43)41(47)48)40(46)44-33-16-9-7-10-17-33;1-3-2/h7,9-10,16-17,19-26,28,43H,2-6,8,11-15,18,27H2,1H3,(H,44,46)(H,47,48);3H,1H2,2H3/b23-19+,37-35-,43-39?;. The van der Waals surface area contributed by atoms with Crippen molar-refractivity contribution >= 4 is 52.3 Å². The average molecular weight is 706 g/mol. The maximum Gasteiger partial charge on any atom is 0.354 e. The lowest BCUT2D eigenvalue weighted by atomic mass is 9.89. The quantitative estimate of drug-likeness (QED) is 0.0673. The molecule has 1 heterocycles. The second-order valence-corrected chi connectivity index (χ2v) is 13.5. The minimum Gasteiger partial charge on any atom is -0.477 e. The third-order valence-electron chi connectivity index (χ3n) is 9.21. The summed E-state index contributed by atoms with van der Waals surface area (Å²) in [7, 11) is 0. The predicted molar refractivity (Wildman–Crippen MR) is 214 cm³/mol. The highest BCUT2D eigenvalue weighted by Crippen LogP contribution is 2.37. The Morgan fingerprint density at radius 3 is 2.33 bits per heavy atom. The molecule has 7 heteroatoms. The number of para-hydroxylation sites is 1. The van der Waals surface area contributed by atoms with E-state index in [1.165, 1.54) is 61.0 Å². The highest BCUT2D eigenvalue weighted by atomic mass is 35.5. The number of nitrogens with one attached hydrogen (secondary N) is 2. The second kappa shape index (κ2) is 20.2. The molecule has 3 N–H and O–H groups in total. The van der Waals surface area contributed by atoms with E-state index in [1.54, 1.807) is 30.3 Å². The fourth-order valence-corrected chi connectivity index (χ4v) is 6.97. The van der Waals surface area contributed by atoms with Crippen LogP contribution in [0.15, 0.2) is 113 Å². The van der Waals surface area contributed by atoms with Gasteiger partial charge in [0.1, 0.15) is 0 Å². The number of carboxylic acid groups (broad SMARTS) is 1. The van der Waals surface area contributed by atoms with Crippen LogP contribution >= 0.6 is 11.6 Å². The Labute approximate surface area is 309 Å². The van der Waals surface area contributed by atoms with Gasteiger partial charge >= 0.3 is 5.97 Å². The molecule has 51 heavy (non-hydrogen) atoms. The van der Waals surface area contributed by atoms with E-state index in [-0.39, 0.29) is 5.57 Å². The van der Waals surface area contributed by atoms with Crippen molar-refractivity contribution in [3.05, 3.63) is 130 Å². The van der Waals surface area contributed by atoms with Crippen molar-refractivity contribution in [3.63, 3.8) is 0 Å². The van der Waals surface area contributed by atoms with Crippen molar-refractivity contribution in [2.24, 2.45) is 0 Å². The number of hydrogen-bond acceptors (Lipinski definition) is 4. The number of hydrogen-bond donors (Lipinski definition) is 3. The number of halogens is 1. The molecule has 0 atom stereocenters. The van der Waals surface area contributed by atoms with Crippen LogP contribution < -0.4 is 10.2 Å². The van der Waals surface area contributed by atoms with E-state index in [2.05, 4.69) is 66.2 Å². The first-order valence-electron chi connectivity index (χ1n) is 18.3. The summed E-state index contributed by atoms with van der Waals surface area (Å²) in [4.78, 5) is 27.5. The van der Waals surface area contributed by atoms with Crippen molar-refractivity contribution in [3.8, 4) is 0 Å². The van der Waals surface area contributed by atoms with Crippen LogP contribution in [0.5, 0.6) is 0 Å². The van der Waals surface area contributed by atoms with E-state index in [9.17, 15) is 14.7 Å². The maximum atomic E-state index is 13.3. The van der Waals surface area contributed by atoms with E-state index in [0.29, 0.717) is 35.6 Å². The molecule has 0 radical (unpaired) electrons. The lowest BCUT2D eigenvalue weighted by molar-refractivity contribution is -0.129. The van der Waals surface area contributed by atoms with Gasteiger partial charge in [-0.3, -0.25) is 10.2 Å². The topological polar surface area (TPSA) is 93.5 Å². The Bertz CT molecular complexity index is 1760. The third-order valence-corrected chi connectivity index (χ3v) is 9.68. The molecule has 0 fully saturated rings. The largest absolute Gasteiger partial charge is 0.477 e. The van der Waals surface area contributed by atoms with Crippen LogP contribution in [-0.2, 0) is 22.4 Å². The van der Waals surface area contributed by atoms with Gasteiger partial charge < -0.3 is 15.3 Å². The molecule has 0 spiro atoms. The molecule has 6 nitrogen and oxygen atoms in total. The molecule has 3 aromatic rings. The molecule has 5 rings (SSSR count). The van der Waals surface area contributed by atoms with Crippen LogP contribution in [0.3, 0.4) is 0 Å². The number of aliphatic carboxylic acids is 1. The zero-order valence-corrected chi connectivity index (χ0v) is 30.9. The van der Waals surface area contributed by atoms with Crippen molar-refractivity contribution in [2.45, 2.75) is 90.9 Å². The number of rotatable bonds is 14. The fraction of sp³-hybridized carbons (Fsp3) is 0.341. The van der Waals surface area contributed by atoms with Gasteiger partial charge in [0.25, 0.3) is 5.91 Å². The SMILES string of the molecule is C=CC.CCCCCCCCc1ccc(N2CCCc3cc(/C=C/C4=C(Cl)C(=C(/C(=N)C(=O)O)C(=O)Nc5ccccc5)/CCC4)ccc32)cc1. The third kappa shape index (κ3) is 11.2. The van der Waals surface area contributed by atoms with Crippen LogP contribution in [-0.4, -0.2) is 29.2 Å². The number of carboxylic acids is 1. The number of unbranched alkanes of at least 4 members (excludes halogenated alkanes) is 5. The molecular formula is C44H52ClN3O3. The molecule has 3 aromatic carbocycles. The monoisotopic (exact) mass is 705 g/mol. The van der Waals surface area contributed by atoms with Gasteiger partial charge in [0.15, 0.2) is 5.71 Å². The van der Waals surface area contributed by atoms with Crippen molar-refractivity contribution < 1.29 is 14.7 Å². The molecule has 1 aliphatic carbocycles. The zero-order valence-electron chi connectivity index (χ0n) is 30.1. The minimum atomic E-state index is -1.47. The summed E-state index contributed by atoms with van der Waals surface area (Å²) in [5.74, 6) is -2.13. The fourth-order valence-electron chi connectivity index (χ4n) is 6.62. The molecule has 0 unspecified atom stereocenters. The summed E-state index contributed by atoms with van der Waals surface area (Å²) in [5, 5.41) is 20.9. The Hall–Kier alpha value is -4.68. The molecule has 0 saturated heterocycles. The number of allylic oxidation sites excluding steroid dienone is 5. The molecule has 0 aromatic heterocycles. The molecule has 2 aliphatic rings. The van der Waals surface area contributed by atoms with E-state index in [4.69, 9.17) is 17.0 Å². The van der Waals surface area contributed by atoms with Gasteiger partial charge in [0.05, 0.1) is 5.57 Å². The number of amides is 1. The normalized spacial score (nSPS) is 15.1. The van der Waals surface area contributed by atoms with Gasteiger partial charge in [0.2, 0.25) is 0 Å². The van der Waals surface area contributed by atoms with Crippen molar-refractivity contribution in [2.75, 3.05) is 16.8 Å². The summed E-state index contributed by atoms with van der Waals surface area (Å²) >= 11 is 6.87. The average Bonchev–Trinajstić information content (AvgIpc) is 3.14. The minimum absolute atomic E-state index is 0.203. The van der Waals surface area contributed by atoms with Crippen LogP contribution in [0.4, 0.5) is 17.1 Å². The lowest BCUT2D eigenvalue weighted by Crippen LogP contribution is -2.27. The van der Waals surface area contributed by atoms with Crippen LogP contribution in [0, 0.1) is 5.41 Å².